The minimum Gasteiger partial charge on any atom is -0.463 e. The minimum atomic E-state index is 0.533. The van der Waals surface area contributed by atoms with Crippen LogP contribution in [0.25, 0.3) is 11.3 Å². The topological polar surface area (TPSA) is 39.2 Å². The molecule has 2 aromatic rings. The van der Waals surface area contributed by atoms with E-state index >= 15 is 0 Å². The molecule has 0 fully saturated rings. The van der Waals surface area contributed by atoms with Crippen molar-refractivity contribution in [3.05, 3.63) is 40.0 Å². The number of nitrogen functional groups attached to an aromatic ring is 1. The first-order chi connectivity index (χ1) is 6.68. The molecular formula is C10H7BrClNO. The Bertz CT molecular complexity index is 467. The van der Waals surface area contributed by atoms with Crippen LogP contribution in [0.5, 0.6) is 0 Å². The van der Waals surface area contributed by atoms with Gasteiger partial charge in [-0.1, -0.05) is 11.6 Å². The second-order valence-electron chi connectivity index (χ2n) is 2.83. The lowest BCUT2D eigenvalue weighted by Gasteiger charge is -2.01. The van der Waals surface area contributed by atoms with Crippen LogP contribution in [-0.2, 0) is 0 Å². The number of hydrogen-bond acceptors (Lipinski definition) is 2. The van der Waals surface area contributed by atoms with Crippen LogP contribution in [0.15, 0.2) is 39.4 Å². The summed E-state index contributed by atoms with van der Waals surface area (Å²) < 4.78 is 6.20. The van der Waals surface area contributed by atoms with Gasteiger partial charge in [-0.3, -0.25) is 0 Å². The smallest absolute Gasteiger partial charge is 0.148 e. The number of benzene rings is 1. The van der Waals surface area contributed by atoms with Crippen molar-refractivity contribution in [3.63, 3.8) is 0 Å². The summed E-state index contributed by atoms with van der Waals surface area (Å²) in [5.74, 6) is 0.756. The van der Waals surface area contributed by atoms with Gasteiger partial charge in [0, 0.05) is 5.56 Å². The van der Waals surface area contributed by atoms with Crippen LogP contribution in [-0.4, -0.2) is 0 Å². The van der Waals surface area contributed by atoms with Gasteiger partial charge in [0.1, 0.15) is 5.76 Å². The fourth-order valence-electron chi connectivity index (χ4n) is 1.17. The Morgan fingerprint density at radius 2 is 2.07 bits per heavy atom. The van der Waals surface area contributed by atoms with Gasteiger partial charge in [0.15, 0.2) is 0 Å². The number of hydrogen-bond donors (Lipinski definition) is 1. The zero-order chi connectivity index (χ0) is 10.1. The summed E-state index contributed by atoms with van der Waals surface area (Å²) in [6.45, 7) is 0. The van der Waals surface area contributed by atoms with Crippen molar-refractivity contribution in [1.29, 1.82) is 0 Å². The fraction of sp³-hybridized carbons (Fsp3) is 0. The Kier molecular flexibility index (Phi) is 2.52. The van der Waals surface area contributed by atoms with E-state index in [0.717, 1.165) is 15.8 Å². The van der Waals surface area contributed by atoms with Crippen LogP contribution in [0.4, 0.5) is 5.69 Å². The third-order valence-corrected chi connectivity index (χ3v) is 2.83. The molecule has 72 valence electrons. The van der Waals surface area contributed by atoms with Gasteiger partial charge < -0.3 is 10.2 Å². The first-order valence-corrected chi connectivity index (χ1v) is 5.14. The van der Waals surface area contributed by atoms with Crippen LogP contribution < -0.4 is 5.73 Å². The van der Waals surface area contributed by atoms with Crippen molar-refractivity contribution in [3.8, 4) is 11.3 Å². The van der Waals surface area contributed by atoms with Crippen molar-refractivity contribution in [2.45, 2.75) is 0 Å². The second kappa shape index (κ2) is 3.67. The average Bonchev–Trinajstić information content (AvgIpc) is 2.57. The number of anilines is 1. The standard InChI is InChI=1S/C10H7BrClNO/c11-7-3-4-14-10(7)6-1-2-9(13)8(12)5-6/h1-5H,13H2. The summed E-state index contributed by atoms with van der Waals surface area (Å²) in [5, 5.41) is 0.533. The average molecular weight is 273 g/mol. The fourth-order valence-corrected chi connectivity index (χ4v) is 1.78. The summed E-state index contributed by atoms with van der Waals surface area (Å²) in [5.41, 5.74) is 7.08. The zero-order valence-corrected chi connectivity index (χ0v) is 9.47. The highest BCUT2D eigenvalue weighted by Gasteiger charge is 2.07. The Hall–Kier alpha value is -0.930. The van der Waals surface area contributed by atoms with Gasteiger partial charge in [0.2, 0.25) is 0 Å². The van der Waals surface area contributed by atoms with E-state index in [9.17, 15) is 0 Å². The van der Waals surface area contributed by atoms with Crippen molar-refractivity contribution in [1.82, 2.24) is 0 Å². The Morgan fingerprint density at radius 3 is 2.64 bits per heavy atom. The summed E-state index contributed by atoms with van der Waals surface area (Å²) in [6.07, 6.45) is 1.61. The summed E-state index contributed by atoms with van der Waals surface area (Å²) in [6, 6.07) is 7.23. The summed E-state index contributed by atoms with van der Waals surface area (Å²) in [4.78, 5) is 0. The third kappa shape index (κ3) is 1.65. The van der Waals surface area contributed by atoms with Crippen molar-refractivity contribution >= 4 is 33.2 Å². The van der Waals surface area contributed by atoms with E-state index in [1.54, 1.807) is 18.4 Å². The Balaban J connectivity index is 2.53. The van der Waals surface area contributed by atoms with Gasteiger partial charge in [-0.05, 0) is 40.2 Å². The van der Waals surface area contributed by atoms with E-state index in [2.05, 4.69) is 15.9 Å². The lowest BCUT2D eigenvalue weighted by molar-refractivity contribution is 0.581. The molecule has 0 bridgehead atoms. The molecule has 0 aliphatic carbocycles. The largest absolute Gasteiger partial charge is 0.463 e. The van der Waals surface area contributed by atoms with Crippen molar-refractivity contribution in [2.75, 3.05) is 5.73 Å². The summed E-state index contributed by atoms with van der Waals surface area (Å²) in [7, 11) is 0. The molecule has 1 aromatic heterocycles. The maximum absolute atomic E-state index is 5.90. The maximum Gasteiger partial charge on any atom is 0.148 e. The van der Waals surface area contributed by atoms with E-state index in [1.165, 1.54) is 0 Å². The highest BCUT2D eigenvalue weighted by atomic mass is 79.9. The first kappa shape index (κ1) is 9.62. The molecule has 0 unspecified atom stereocenters. The number of halogens is 2. The maximum atomic E-state index is 5.90. The molecule has 0 radical (unpaired) electrons. The number of rotatable bonds is 1. The molecule has 0 saturated heterocycles. The SMILES string of the molecule is Nc1ccc(-c2occc2Br)cc1Cl. The molecule has 2 nitrogen and oxygen atoms in total. The lowest BCUT2D eigenvalue weighted by Crippen LogP contribution is -1.86. The van der Waals surface area contributed by atoms with Gasteiger partial charge in [0.25, 0.3) is 0 Å². The van der Waals surface area contributed by atoms with Gasteiger partial charge in [-0.15, -0.1) is 0 Å². The van der Waals surface area contributed by atoms with E-state index < -0.39 is 0 Å². The third-order valence-electron chi connectivity index (χ3n) is 1.88. The molecule has 1 heterocycles. The minimum absolute atomic E-state index is 0.533. The van der Waals surface area contributed by atoms with Gasteiger partial charge in [-0.25, -0.2) is 0 Å². The molecule has 0 saturated carbocycles. The molecule has 2 rings (SSSR count). The highest BCUT2D eigenvalue weighted by molar-refractivity contribution is 9.10. The molecule has 0 aliphatic heterocycles. The quantitative estimate of drug-likeness (QED) is 0.799. The Labute approximate surface area is 94.8 Å². The van der Waals surface area contributed by atoms with Crippen molar-refractivity contribution < 1.29 is 4.42 Å². The molecule has 4 heteroatoms. The molecule has 14 heavy (non-hydrogen) atoms. The first-order valence-electron chi connectivity index (χ1n) is 3.97. The molecule has 0 spiro atoms. The van der Waals surface area contributed by atoms with Crippen LogP contribution in [0.1, 0.15) is 0 Å². The van der Waals surface area contributed by atoms with Crippen molar-refractivity contribution in [2.24, 2.45) is 0 Å². The van der Waals surface area contributed by atoms with Crippen LogP contribution >= 0.6 is 27.5 Å². The molecule has 1 aromatic carbocycles. The predicted octanol–water partition coefficient (Wildman–Crippen LogP) is 3.94. The molecular weight excluding hydrogens is 265 g/mol. The van der Waals surface area contributed by atoms with E-state index in [0.29, 0.717) is 10.7 Å². The van der Waals surface area contributed by atoms with Gasteiger partial charge >= 0.3 is 0 Å². The molecule has 0 aliphatic rings. The normalized spacial score (nSPS) is 10.4. The molecule has 0 amide bonds. The highest BCUT2D eigenvalue weighted by Crippen LogP contribution is 2.32. The monoisotopic (exact) mass is 271 g/mol. The van der Waals surface area contributed by atoms with E-state index in [4.69, 9.17) is 21.8 Å². The lowest BCUT2D eigenvalue weighted by atomic mass is 10.1. The van der Waals surface area contributed by atoms with Gasteiger partial charge in [0.05, 0.1) is 21.4 Å². The van der Waals surface area contributed by atoms with Crippen LogP contribution in [0.3, 0.4) is 0 Å². The number of furan rings is 1. The second-order valence-corrected chi connectivity index (χ2v) is 4.10. The molecule has 0 atom stereocenters. The number of nitrogens with two attached hydrogens (primary N) is 1. The van der Waals surface area contributed by atoms with E-state index in [-0.39, 0.29) is 0 Å². The van der Waals surface area contributed by atoms with Gasteiger partial charge in [-0.2, -0.15) is 0 Å². The predicted molar refractivity (Wildman–Crippen MR) is 61.3 cm³/mol. The van der Waals surface area contributed by atoms with Crippen LogP contribution in [0.2, 0.25) is 5.02 Å². The zero-order valence-electron chi connectivity index (χ0n) is 7.13. The molecule has 2 N–H and O–H groups in total. The van der Waals surface area contributed by atoms with Crippen LogP contribution in [0, 0.1) is 0 Å². The van der Waals surface area contributed by atoms with E-state index in [1.807, 2.05) is 12.1 Å². The Morgan fingerprint density at radius 1 is 1.29 bits per heavy atom. The summed E-state index contributed by atoms with van der Waals surface area (Å²) >= 11 is 9.28.